The molecule has 3 rings (SSSR count). The van der Waals surface area contributed by atoms with Crippen LogP contribution in [0.25, 0.3) is 5.65 Å². The van der Waals surface area contributed by atoms with Crippen LogP contribution in [0.2, 0.25) is 0 Å². The first-order valence-electron chi connectivity index (χ1n) is 6.09. The number of hydrogen-bond acceptors (Lipinski definition) is 3. The first-order valence-corrected chi connectivity index (χ1v) is 6.89. The molecule has 1 fully saturated rings. The molecule has 2 heterocycles. The van der Waals surface area contributed by atoms with Crippen LogP contribution in [0.1, 0.15) is 32.1 Å². The van der Waals surface area contributed by atoms with Crippen molar-refractivity contribution in [3.63, 3.8) is 0 Å². The summed E-state index contributed by atoms with van der Waals surface area (Å²) in [6.45, 7) is 0. The molecule has 0 atom stereocenters. The molecule has 1 aliphatic carbocycles. The zero-order chi connectivity index (χ0) is 11.7. The number of fused-ring (bicyclic) bond motifs is 1. The topological polar surface area (TPSA) is 42.2 Å². The fourth-order valence-corrected chi connectivity index (χ4v) is 2.74. The van der Waals surface area contributed by atoms with E-state index in [4.69, 9.17) is 0 Å². The molecule has 0 amide bonds. The van der Waals surface area contributed by atoms with E-state index in [-0.39, 0.29) is 0 Å². The molecule has 1 aliphatic rings. The van der Waals surface area contributed by atoms with Gasteiger partial charge in [-0.05, 0) is 34.8 Å². The summed E-state index contributed by atoms with van der Waals surface area (Å²) in [5.74, 6) is 0.950. The highest BCUT2D eigenvalue weighted by molar-refractivity contribution is 9.10. The molecular formula is C12H15BrN4. The smallest absolute Gasteiger partial charge is 0.171 e. The summed E-state index contributed by atoms with van der Waals surface area (Å²) < 4.78 is 2.71. The van der Waals surface area contributed by atoms with E-state index >= 15 is 0 Å². The average Bonchev–Trinajstić information content (AvgIpc) is 2.73. The van der Waals surface area contributed by atoms with Crippen LogP contribution in [0.4, 0.5) is 5.82 Å². The van der Waals surface area contributed by atoms with Gasteiger partial charge in [0.1, 0.15) is 5.82 Å². The SMILES string of the molecule is Brc1cnn2ccc(NC3CCCCC3)nc12. The number of hydrogen-bond donors (Lipinski definition) is 1. The number of anilines is 1. The Kier molecular flexibility index (Phi) is 3.01. The highest BCUT2D eigenvalue weighted by atomic mass is 79.9. The third-order valence-electron chi connectivity index (χ3n) is 3.28. The molecule has 0 bridgehead atoms. The van der Waals surface area contributed by atoms with Crippen molar-refractivity contribution < 1.29 is 0 Å². The highest BCUT2D eigenvalue weighted by Crippen LogP contribution is 2.22. The van der Waals surface area contributed by atoms with Gasteiger partial charge in [-0.1, -0.05) is 19.3 Å². The largest absolute Gasteiger partial charge is 0.367 e. The Labute approximate surface area is 109 Å². The lowest BCUT2D eigenvalue weighted by atomic mass is 9.95. The van der Waals surface area contributed by atoms with Gasteiger partial charge < -0.3 is 5.32 Å². The summed E-state index contributed by atoms with van der Waals surface area (Å²) in [4.78, 5) is 4.57. The Morgan fingerprint density at radius 2 is 2.12 bits per heavy atom. The van der Waals surface area contributed by atoms with Crippen molar-refractivity contribution in [2.75, 3.05) is 5.32 Å². The monoisotopic (exact) mass is 294 g/mol. The van der Waals surface area contributed by atoms with Crippen LogP contribution in [0.5, 0.6) is 0 Å². The predicted octanol–water partition coefficient (Wildman–Crippen LogP) is 3.24. The predicted molar refractivity (Wildman–Crippen MR) is 71.2 cm³/mol. The molecule has 0 aliphatic heterocycles. The van der Waals surface area contributed by atoms with Crippen molar-refractivity contribution in [3.8, 4) is 0 Å². The minimum absolute atomic E-state index is 0.584. The van der Waals surface area contributed by atoms with Crippen molar-refractivity contribution in [2.45, 2.75) is 38.1 Å². The maximum Gasteiger partial charge on any atom is 0.171 e. The number of nitrogens with zero attached hydrogens (tertiary/aromatic N) is 3. The molecule has 17 heavy (non-hydrogen) atoms. The molecular weight excluding hydrogens is 280 g/mol. The molecule has 0 aromatic carbocycles. The minimum atomic E-state index is 0.584. The lowest BCUT2D eigenvalue weighted by Gasteiger charge is -2.23. The van der Waals surface area contributed by atoms with Crippen LogP contribution >= 0.6 is 15.9 Å². The number of halogens is 1. The van der Waals surface area contributed by atoms with E-state index in [0.717, 1.165) is 15.9 Å². The zero-order valence-corrected chi connectivity index (χ0v) is 11.2. The van der Waals surface area contributed by atoms with Crippen molar-refractivity contribution in [1.82, 2.24) is 14.6 Å². The van der Waals surface area contributed by atoms with Gasteiger partial charge in [0.2, 0.25) is 0 Å². The second-order valence-electron chi connectivity index (χ2n) is 4.55. The van der Waals surface area contributed by atoms with Crippen LogP contribution < -0.4 is 5.32 Å². The Morgan fingerprint density at radius 1 is 1.29 bits per heavy atom. The van der Waals surface area contributed by atoms with E-state index in [1.165, 1.54) is 32.1 Å². The fourth-order valence-electron chi connectivity index (χ4n) is 2.38. The molecule has 90 valence electrons. The summed E-state index contributed by atoms with van der Waals surface area (Å²) >= 11 is 3.45. The molecule has 5 heteroatoms. The molecule has 2 aromatic heterocycles. The van der Waals surface area contributed by atoms with Crippen LogP contribution in [-0.4, -0.2) is 20.6 Å². The zero-order valence-electron chi connectivity index (χ0n) is 9.56. The normalized spacial score (nSPS) is 17.5. The van der Waals surface area contributed by atoms with Gasteiger partial charge in [0, 0.05) is 12.2 Å². The third kappa shape index (κ3) is 2.29. The first-order chi connectivity index (χ1) is 8.33. The highest BCUT2D eigenvalue weighted by Gasteiger charge is 2.13. The van der Waals surface area contributed by atoms with Gasteiger partial charge in [-0.25, -0.2) is 9.50 Å². The number of nitrogens with one attached hydrogen (secondary N) is 1. The number of rotatable bonds is 2. The van der Waals surface area contributed by atoms with Gasteiger partial charge in [0.05, 0.1) is 10.7 Å². The second-order valence-corrected chi connectivity index (χ2v) is 5.41. The minimum Gasteiger partial charge on any atom is -0.367 e. The third-order valence-corrected chi connectivity index (χ3v) is 3.84. The fraction of sp³-hybridized carbons (Fsp3) is 0.500. The maximum atomic E-state index is 4.57. The first kappa shape index (κ1) is 11.0. The van der Waals surface area contributed by atoms with Crippen molar-refractivity contribution in [2.24, 2.45) is 0 Å². The van der Waals surface area contributed by atoms with Crippen LogP contribution in [0.3, 0.4) is 0 Å². The summed E-state index contributed by atoms with van der Waals surface area (Å²) in [5.41, 5.74) is 0.866. The van der Waals surface area contributed by atoms with Crippen molar-refractivity contribution >= 4 is 27.4 Å². The van der Waals surface area contributed by atoms with E-state index in [1.807, 2.05) is 12.3 Å². The molecule has 4 nitrogen and oxygen atoms in total. The summed E-state index contributed by atoms with van der Waals surface area (Å²) in [6, 6.07) is 2.57. The van der Waals surface area contributed by atoms with Crippen LogP contribution in [-0.2, 0) is 0 Å². The molecule has 1 N–H and O–H groups in total. The molecule has 0 unspecified atom stereocenters. The lowest BCUT2D eigenvalue weighted by Crippen LogP contribution is -2.22. The van der Waals surface area contributed by atoms with Crippen molar-refractivity contribution in [3.05, 3.63) is 22.9 Å². The van der Waals surface area contributed by atoms with Gasteiger partial charge in [0.25, 0.3) is 0 Å². The molecule has 0 radical (unpaired) electrons. The van der Waals surface area contributed by atoms with Gasteiger partial charge >= 0.3 is 0 Å². The Bertz CT molecular complexity index is 516. The van der Waals surface area contributed by atoms with E-state index in [1.54, 1.807) is 10.7 Å². The quantitative estimate of drug-likeness (QED) is 0.925. The van der Waals surface area contributed by atoms with E-state index in [2.05, 4.69) is 31.3 Å². The van der Waals surface area contributed by atoms with Gasteiger partial charge in [-0.3, -0.25) is 0 Å². The molecule has 0 spiro atoms. The standard InChI is InChI=1S/C12H15BrN4/c13-10-8-14-17-7-6-11(16-12(10)17)15-9-4-2-1-3-5-9/h6-9H,1-5H2,(H,15,16). The Morgan fingerprint density at radius 3 is 2.94 bits per heavy atom. The Hall–Kier alpha value is -1.10. The number of aromatic nitrogens is 3. The van der Waals surface area contributed by atoms with Crippen LogP contribution in [0.15, 0.2) is 22.9 Å². The van der Waals surface area contributed by atoms with E-state index < -0.39 is 0 Å². The van der Waals surface area contributed by atoms with Gasteiger partial charge in [-0.2, -0.15) is 5.10 Å². The molecule has 0 saturated heterocycles. The Balaban J connectivity index is 1.82. The van der Waals surface area contributed by atoms with Gasteiger partial charge in [0.15, 0.2) is 5.65 Å². The molecule has 2 aromatic rings. The van der Waals surface area contributed by atoms with Gasteiger partial charge in [-0.15, -0.1) is 0 Å². The van der Waals surface area contributed by atoms with E-state index in [0.29, 0.717) is 6.04 Å². The van der Waals surface area contributed by atoms with E-state index in [9.17, 15) is 0 Å². The van der Waals surface area contributed by atoms with Crippen LogP contribution in [0, 0.1) is 0 Å². The maximum absolute atomic E-state index is 4.57. The lowest BCUT2D eigenvalue weighted by molar-refractivity contribution is 0.462. The average molecular weight is 295 g/mol. The summed E-state index contributed by atoms with van der Waals surface area (Å²) in [5, 5.41) is 7.70. The summed E-state index contributed by atoms with van der Waals surface area (Å²) in [6.07, 6.45) is 10.3. The second kappa shape index (κ2) is 4.64. The van der Waals surface area contributed by atoms with Crippen molar-refractivity contribution in [1.29, 1.82) is 0 Å². The molecule has 1 saturated carbocycles. The summed E-state index contributed by atoms with van der Waals surface area (Å²) in [7, 11) is 0.